The molecular weight excluding hydrogens is 368 g/mol. The Morgan fingerprint density at radius 2 is 1.54 bits per heavy atom. The molecule has 0 aliphatic carbocycles. The topological polar surface area (TPSA) is 134 Å². The van der Waals surface area contributed by atoms with Crippen molar-refractivity contribution < 1.29 is 14.8 Å². The molecule has 0 fully saturated rings. The van der Waals surface area contributed by atoms with Crippen LogP contribution in [-0.2, 0) is 6.54 Å². The van der Waals surface area contributed by atoms with Crippen LogP contribution in [0.2, 0.25) is 0 Å². The molecule has 10 nitrogen and oxygen atoms in total. The van der Waals surface area contributed by atoms with Gasteiger partial charge in [-0.1, -0.05) is 24.3 Å². The third-order valence-corrected chi connectivity index (χ3v) is 4.31. The Labute approximate surface area is 157 Å². The Morgan fingerprint density at radius 1 is 0.929 bits per heavy atom. The highest BCUT2D eigenvalue weighted by atomic mass is 16.6. The van der Waals surface area contributed by atoms with Gasteiger partial charge in [-0.2, -0.15) is 0 Å². The maximum Gasteiger partial charge on any atom is 0.290 e. The first-order valence-corrected chi connectivity index (χ1v) is 8.20. The molecule has 0 unspecified atom stereocenters. The summed E-state index contributed by atoms with van der Waals surface area (Å²) in [4.78, 5) is 31.1. The van der Waals surface area contributed by atoms with Gasteiger partial charge in [0.1, 0.15) is 5.56 Å². The van der Waals surface area contributed by atoms with Crippen molar-refractivity contribution in [3.8, 4) is 0 Å². The van der Waals surface area contributed by atoms with Gasteiger partial charge in [0.05, 0.1) is 26.9 Å². The molecule has 0 amide bonds. The van der Waals surface area contributed by atoms with E-state index in [9.17, 15) is 30.3 Å². The quantitative estimate of drug-likeness (QED) is 0.453. The van der Waals surface area contributed by atoms with Crippen molar-refractivity contribution in [3.63, 3.8) is 0 Å². The van der Waals surface area contributed by atoms with Gasteiger partial charge in [0.15, 0.2) is 0 Å². The fourth-order valence-electron chi connectivity index (χ4n) is 3.03. The molecule has 0 spiro atoms. The third kappa shape index (κ3) is 3.30. The number of nitrogens with zero attached hydrogens (tertiary/aromatic N) is 4. The van der Waals surface area contributed by atoms with Crippen LogP contribution >= 0.6 is 0 Å². The molecule has 0 bridgehead atoms. The van der Waals surface area contributed by atoms with Crippen molar-refractivity contribution >= 4 is 40.1 Å². The third-order valence-electron chi connectivity index (χ3n) is 4.31. The highest BCUT2D eigenvalue weighted by molar-refractivity contribution is 5.93. The molecule has 142 valence electrons. The van der Waals surface area contributed by atoms with Crippen LogP contribution in [-0.4, -0.2) is 19.3 Å². The molecule has 0 saturated heterocycles. The van der Waals surface area contributed by atoms with Crippen molar-refractivity contribution in [2.45, 2.75) is 13.5 Å². The summed E-state index contributed by atoms with van der Waals surface area (Å²) in [5.41, 5.74) is -0.725. The molecule has 0 aliphatic heterocycles. The van der Waals surface area contributed by atoms with E-state index < -0.39 is 31.8 Å². The molecule has 0 atom stereocenters. The van der Waals surface area contributed by atoms with Gasteiger partial charge in [0.2, 0.25) is 0 Å². The monoisotopic (exact) mass is 382 g/mol. The number of nitro benzene ring substituents is 3. The zero-order valence-electron chi connectivity index (χ0n) is 14.6. The van der Waals surface area contributed by atoms with Crippen molar-refractivity contribution in [2.75, 3.05) is 0 Å². The van der Waals surface area contributed by atoms with Gasteiger partial charge in [0, 0.05) is 23.6 Å². The minimum absolute atomic E-state index is 0.297. The van der Waals surface area contributed by atoms with E-state index in [4.69, 9.17) is 0 Å². The average molecular weight is 382 g/mol. The minimum Gasteiger partial charge on any atom is -0.347 e. The summed E-state index contributed by atoms with van der Waals surface area (Å²) in [7, 11) is 0. The Kier molecular flexibility index (Phi) is 4.86. The van der Waals surface area contributed by atoms with Gasteiger partial charge < -0.3 is 4.57 Å². The number of hydrogen-bond donors (Lipinski definition) is 0. The molecule has 10 heteroatoms. The number of benzene rings is 2. The molecule has 1 heterocycles. The number of para-hydroxylation sites is 1. The highest BCUT2D eigenvalue weighted by Gasteiger charge is 2.28. The Bertz CT molecular complexity index is 1110. The van der Waals surface area contributed by atoms with Crippen LogP contribution in [0.1, 0.15) is 18.1 Å². The fourth-order valence-corrected chi connectivity index (χ4v) is 3.03. The predicted octanol–water partition coefficient (Wildman–Crippen LogP) is 4.56. The SMILES string of the molecule is CCn1cc(/C=C/c2c([N+](=O)[O-])cc([N+](=O)[O-])cc2[N+](=O)[O-])c2ccccc21. The van der Waals surface area contributed by atoms with E-state index in [0.717, 1.165) is 28.6 Å². The Morgan fingerprint density at radius 3 is 2.07 bits per heavy atom. The van der Waals surface area contributed by atoms with Crippen LogP contribution in [0.4, 0.5) is 17.1 Å². The summed E-state index contributed by atoms with van der Waals surface area (Å²) in [6.07, 6.45) is 4.63. The molecule has 3 aromatic rings. The standard InChI is InChI=1S/C18H14N4O6/c1-2-19-11-12(14-5-3-4-6-16(14)19)7-8-15-17(21(25)26)9-13(20(23)24)10-18(15)22(27)28/h3-11H,2H2,1H3/b8-7+. The van der Waals surface area contributed by atoms with Crippen LogP contribution in [0.5, 0.6) is 0 Å². The summed E-state index contributed by atoms with van der Waals surface area (Å²) in [5, 5.41) is 34.6. The van der Waals surface area contributed by atoms with E-state index in [1.807, 2.05) is 42.0 Å². The first-order chi connectivity index (χ1) is 13.3. The smallest absolute Gasteiger partial charge is 0.290 e. The van der Waals surface area contributed by atoms with E-state index >= 15 is 0 Å². The zero-order valence-corrected chi connectivity index (χ0v) is 14.6. The summed E-state index contributed by atoms with van der Waals surface area (Å²) < 4.78 is 1.98. The van der Waals surface area contributed by atoms with Gasteiger partial charge in [-0.05, 0) is 24.6 Å². The van der Waals surface area contributed by atoms with E-state index in [1.54, 1.807) is 0 Å². The summed E-state index contributed by atoms with van der Waals surface area (Å²) >= 11 is 0. The largest absolute Gasteiger partial charge is 0.347 e. The Balaban J connectivity index is 2.20. The summed E-state index contributed by atoms with van der Waals surface area (Å²) in [6, 6.07) is 8.97. The fraction of sp³-hybridized carbons (Fsp3) is 0.111. The van der Waals surface area contributed by atoms with Crippen LogP contribution in [0.15, 0.2) is 42.6 Å². The van der Waals surface area contributed by atoms with E-state index in [2.05, 4.69) is 0 Å². The number of aromatic nitrogens is 1. The average Bonchev–Trinajstić information content (AvgIpc) is 3.03. The highest BCUT2D eigenvalue weighted by Crippen LogP contribution is 2.35. The van der Waals surface area contributed by atoms with Crippen LogP contribution in [0.3, 0.4) is 0 Å². The molecule has 28 heavy (non-hydrogen) atoms. The molecular formula is C18H14N4O6. The first-order valence-electron chi connectivity index (χ1n) is 8.20. The lowest BCUT2D eigenvalue weighted by atomic mass is 10.1. The first kappa shape index (κ1) is 18.7. The van der Waals surface area contributed by atoms with E-state index in [1.165, 1.54) is 12.2 Å². The number of fused-ring (bicyclic) bond motifs is 1. The summed E-state index contributed by atoms with van der Waals surface area (Å²) in [6.45, 7) is 2.66. The number of rotatable bonds is 6. The van der Waals surface area contributed by atoms with Gasteiger partial charge in [0.25, 0.3) is 17.1 Å². The second-order valence-corrected chi connectivity index (χ2v) is 5.89. The van der Waals surface area contributed by atoms with E-state index in [-0.39, 0.29) is 5.56 Å². The van der Waals surface area contributed by atoms with Crippen LogP contribution < -0.4 is 0 Å². The van der Waals surface area contributed by atoms with Gasteiger partial charge in [-0.3, -0.25) is 30.3 Å². The van der Waals surface area contributed by atoms with Crippen molar-refractivity contribution in [1.29, 1.82) is 0 Å². The van der Waals surface area contributed by atoms with Crippen molar-refractivity contribution in [2.24, 2.45) is 0 Å². The number of hydrogen-bond acceptors (Lipinski definition) is 6. The molecule has 0 N–H and O–H groups in total. The van der Waals surface area contributed by atoms with Crippen LogP contribution in [0, 0.1) is 30.3 Å². The van der Waals surface area contributed by atoms with Crippen molar-refractivity contribution in [3.05, 3.63) is 84.1 Å². The molecule has 3 rings (SSSR count). The maximum atomic E-state index is 11.4. The molecule has 2 aromatic carbocycles. The number of aryl methyl sites for hydroxylation is 1. The van der Waals surface area contributed by atoms with Gasteiger partial charge in [-0.15, -0.1) is 0 Å². The molecule has 1 aromatic heterocycles. The minimum atomic E-state index is -0.900. The normalized spacial score (nSPS) is 11.2. The van der Waals surface area contributed by atoms with Crippen molar-refractivity contribution in [1.82, 2.24) is 4.57 Å². The Hall–Kier alpha value is -4.08. The maximum absolute atomic E-state index is 11.4. The zero-order chi connectivity index (χ0) is 20.4. The van der Waals surface area contributed by atoms with Gasteiger partial charge in [-0.25, -0.2) is 0 Å². The lowest BCUT2D eigenvalue weighted by Gasteiger charge is -2.01. The van der Waals surface area contributed by atoms with E-state index in [0.29, 0.717) is 6.54 Å². The lowest BCUT2D eigenvalue weighted by molar-refractivity contribution is -0.403. The lowest BCUT2D eigenvalue weighted by Crippen LogP contribution is -2.00. The number of non-ortho nitro benzene ring substituents is 1. The van der Waals surface area contributed by atoms with Crippen LogP contribution in [0.25, 0.3) is 23.1 Å². The summed E-state index contributed by atoms with van der Waals surface area (Å²) in [5.74, 6) is 0. The molecule has 0 saturated carbocycles. The molecule has 0 aliphatic rings. The second kappa shape index (κ2) is 7.27. The van der Waals surface area contributed by atoms with Gasteiger partial charge >= 0.3 is 0 Å². The number of nitro groups is 3. The second-order valence-electron chi connectivity index (χ2n) is 5.89. The molecule has 0 radical (unpaired) electrons. The predicted molar refractivity (Wildman–Crippen MR) is 103 cm³/mol.